The van der Waals surface area contributed by atoms with Gasteiger partial charge in [-0.1, -0.05) is 55.8 Å². The number of nitrogens with one attached hydrogen (secondary N) is 1. The maximum atomic E-state index is 12.8. The van der Waals surface area contributed by atoms with Crippen LogP contribution in [0.15, 0.2) is 59.2 Å². The SMILES string of the molecule is C=C1CC[C@H]2[C@](C)(CCC[C@@]2(C)C(=O)OC)[C@H]1CCc1ccoc1CNCCc1ccccc1. The first-order chi connectivity index (χ1) is 16.4. The summed E-state index contributed by atoms with van der Waals surface area (Å²) in [6.45, 7) is 10.7. The fraction of sp³-hybridized carbons (Fsp3) is 0.567. The van der Waals surface area contributed by atoms with Gasteiger partial charge < -0.3 is 14.5 Å². The lowest BCUT2D eigenvalue weighted by Gasteiger charge is -2.57. The average Bonchev–Trinajstić information content (AvgIpc) is 3.28. The summed E-state index contributed by atoms with van der Waals surface area (Å²) in [6, 6.07) is 12.7. The Balaban J connectivity index is 1.39. The van der Waals surface area contributed by atoms with E-state index in [2.05, 4.69) is 62.1 Å². The zero-order valence-electron chi connectivity index (χ0n) is 21.2. The third-order valence-corrected chi connectivity index (χ3v) is 8.93. The summed E-state index contributed by atoms with van der Waals surface area (Å²) in [6.07, 6.45) is 10.1. The molecule has 1 N–H and O–H groups in total. The normalized spacial score (nSPS) is 29.0. The second-order valence-corrected chi connectivity index (χ2v) is 10.9. The second-order valence-electron chi connectivity index (χ2n) is 10.9. The van der Waals surface area contributed by atoms with Gasteiger partial charge in [-0.05, 0) is 92.9 Å². The van der Waals surface area contributed by atoms with Crippen molar-refractivity contribution in [2.24, 2.45) is 22.7 Å². The largest absolute Gasteiger partial charge is 0.469 e. The maximum Gasteiger partial charge on any atom is 0.311 e. The Kier molecular flexibility index (Phi) is 7.67. The first-order valence-electron chi connectivity index (χ1n) is 12.9. The Morgan fingerprint density at radius 1 is 1.18 bits per heavy atom. The third kappa shape index (κ3) is 4.88. The highest BCUT2D eigenvalue weighted by Crippen LogP contribution is 2.62. The molecule has 34 heavy (non-hydrogen) atoms. The van der Waals surface area contributed by atoms with E-state index < -0.39 is 0 Å². The molecule has 0 amide bonds. The topological polar surface area (TPSA) is 51.5 Å². The first kappa shape index (κ1) is 24.8. The number of carbonyl (C=O) groups excluding carboxylic acids is 1. The van der Waals surface area contributed by atoms with Gasteiger partial charge in [-0.15, -0.1) is 0 Å². The Bertz CT molecular complexity index is 980. The van der Waals surface area contributed by atoms with Crippen LogP contribution in [0, 0.1) is 22.7 Å². The molecule has 4 rings (SSSR count). The van der Waals surface area contributed by atoms with Crippen molar-refractivity contribution in [1.29, 1.82) is 0 Å². The van der Waals surface area contributed by atoms with E-state index in [1.807, 2.05) is 6.26 Å². The molecule has 2 aliphatic rings. The monoisotopic (exact) mass is 463 g/mol. The molecular weight excluding hydrogens is 422 g/mol. The van der Waals surface area contributed by atoms with Gasteiger partial charge in [-0.25, -0.2) is 0 Å². The van der Waals surface area contributed by atoms with Crippen LogP contribution in [0.5, 0.6) is 0 Å². The number of hydrogen-bond donors (Lipinski definition) is 1. The molecule has 0 unspecified atom stereocenters. The van der Waals surface area contributed by atoms with Crippen LogP contribution in [0.25, 0.3) is 0 Å². The summed E-state index contributed by atoms with van der Waals surface area (Å²) < 4.78 is 11.1. The molecule has 0 radical (unpaired) electrons. The molecule has 0 aliphatic heterocycles. The van der Waals surface area contributed by atoms with Crippen molar-refractivity contribution in [1.82, 2.24) is 5.32 Å². The molecule has 4 atom stereocenters. The van der Waals surface area contributed by atoms with Crippen molar-refractivity contribution in [2.75, 3.05) is 13.7 Å². The number of benzene rings is 1. The van der Waals surface area contributed by atoms with E-state index in [4.69, 9.17) is 9.15 Å². The van der Waals surface area contributed by atoms with Crippen LogP contribution in [0.3, 0.4) is 0 Å². The van der Waals surface area contributed by atoms with Gasteiger partial charge in [0.1, 0.15) is 5.76 Å². The van der Waals surface area contributed by atoms with Crippen molar-refractivity contribution in [3.8, 4) is 0 Å². The molecule has 1 aromatic carbocycles. The van der Waals surface area contributed by atoms with E-state index >= 15 is 0 Å². The minimum Gasteiger partial charge on any atom is -0.469 e. The van der Waals surface area contributed by atoms with E-state index in [0.29, 0.717) is 11.8 Å². The maximum absolute atomic E-state index is 12.8. The summed E-state index contributed by atoms with van der Waals surface area (Å²) in [4.78, 5) is 12.8. The van der Waals surface area contributed by atoms with Crippen molar-refractivity contribution in [3.05, 3.63) is 71.7 Å². The molecule has 0 bridgehead atoms. The first-order valence-corrected chi connectivity index (χ1v) is 12.9. The molecule has 1 aromatic heterocycles. The Hall–Kier alpha value is -2.33. The van der Waals surface area contributed by atoms with Gasteiger partial charge in [0, 0.05) is 0 Å². The highest BCUT2D eigenvalue weighted by molar-refractivity contribution is 5.77. The van der Waals surface area contributed by atoms with E-state index in [9.17, 15) is 4.79 Å². The number of allylic oxidation sites excluding steroid dienone is 1. The molecule has 0 saturated heterocycles. The van der Waals surface area contributed by atoms with Gasteiger partial charge in [0.15, 0.2) is 0 Å². The smallest absolute Gasteiger partial charge is 0.311 e. The summed E-state index contributed by atoms with van der Waals surface area (Å²) in [5, 5.41) is 3.54. The van der Waals surface area contributed by atoms with Gasteiger partial charge in [0.2, 0.25) is 0 Å². The van der Waals surface area contributed by atoms with E-state index in [0.717, 1.165) is 70.2 Å². The van der Waals surface area contributed by atoms with Crippen LogP contribution in [0.4, 0.5) is 0 Å². The number of carbonyl (C=O) groups is 1. The minimum absolute atomic E-state index is 0.0339. The average molecular weight is 464 g/mol. The second kappa shape index (κ2) is 10.5. The van der Waals surface area contributed by atoms with Gasteiger partial charge in [-0.2, -0.15) is 0 Å². The number of fused-ring (bicyclic) bond motifs is 1. The van der Waals surface area contributed by atoms with Crippen LogP contribution in [-0.2, 0) is 28.9 Å². The zero-order chi connectivity index (χ0) is 24.2. The minimum atomic E-state index is -0.385. The lowest BCUT2D eigenvalue weighted by atomic mass is 9.46. The number of esters is 1. The van der Waals surface area contributed by atoms with Crippen LogP contribution in [-0.4, -0.2) is 19.6 Å². The Morgan fingerprint density at radius 2 is 1.97 bits per heavy atom. The Morgan fingerprint density at radius 3 is 2.74 bits per heavy atom. The fourth-order valence-corrected chi connectivity index (χ4v) is 7.08. The predicted molar refractivity (Wildman–Crippen MR) is 136 cm³/mol. The number of rotatable bonds is 9. The summed E-state index contributed by atoms with van der Waals surface area (Å²) in [7, 11) is 1.53. The van der Waals surface area contributed by atoms with Gasteiger partial charge >= 0.3 is 5.97 Å². The molecule has 4 nitrogen and oxygen atoms in total. The van der Waals surface area contributed by atoms with E-state index in [1.54, 1.807) is 0 Å². The highest BCUT2D eigenvalue weighted by Gasteiger charge is 2.57. The lowest BCUT2D eigenvalue weighted by molar-refractivity contribution is -0.168. The summed E-state index contributed by atoms with van der Waals surface area (Å²) >= 11 is 0. The fourth-order valence-electron chi connectivity index (χ4n) is 7.08. The third-order valence-electron chi connectivity index (χ3n) is 8.93. The molecule has 4 heteroatoms. The molecule has 2 aromatic rings. The van der Waals surface area contributed by atoms with E-state index in [-0.39, 0.29) is 16.8 Å². The standard InChI is InChI=1S/C30H41NO3/c1-22-11-14-27-29(2,17-8-18-30(27,3)28(32)33-4)25(22)13-12-24-16-20-34-26(24)21-31-19-15-23-9-6-5-7-10-23/h5-7,9-10,16,20,25,27,31H,1,8,11-15,17-19,21H2,2-4H3/t25-,27-,29+,30+/m0/s1. The van der Waals surface area contributed by atoms with Crippen molar-refractivity contribution in [3.63, 3.8) is 0 Å². The van der Waals surface area contributed by atoms with Gasteiger partial charge in [0.05, 0.1) is 25.3 Å². The van der Waals surface area contributed by atoms with E-state index in [1.165, 1.54) is 23.8 Å². The van der Waals surface area contributed by atoms with Crippen LogP contribution < -0.4 is 5.32 Å². The van der Waals surface area contributed by atoms with Crippen LogP contribution >= 0.6 is 0 Å². The number of methoxy groups -OCH3 is 1. The summed E-state index contributed by atoms with van der Waals surface area (Å²) in [5.41, 5.74) is 3.70. The predicted octanol–water partition coefficient (Wildman–Crippen LogP) is 6.50. The van der Waals surface area contributed by atoms with Gasteiger partial charge in [0.25, 0.3) is 0 Å². The molecular formula is C30H41NO3. The zero-order valence-corrected chi connectivity index (χ0v) is 21.2. The lowest BCUT2D eigenvalue weighted by Crippen LogP contribution is -2.53. The van der Waals surface area contributed by atoms with Crippen LogP contribution in [0.1, 0.15) is 69.3 Å². The molecule has 0 spiro atoms. The molecule has 2 saturated carbocycles. The molecule has 2 fully saturated rings. The van der Waals surface area contributed by atoms with Crippen molar-refractivity contribution < 1.29 is 13.9 Å². The quantitative estimate of drug-likeness (QED) is 0.262. The van der Waals surface area contributed by atoms with Crippen LogP contribution in [0.2, 0.25) is 0 Å². The number of aryl methyl sites for hydroxylation is 1. The number of hydrogen-bond acceptors (Lipinski definition) is 4. The molecule has 2 aliphatic carbocycles. The summed E-state index contributed by atoms with van der Waals surface area (Å²) in [5.74, 6) is 1.78. The molecule has 1 heterocycles. The number of furan rings is 1. The van der Waals surface area contributed by atoms with Crippen molar-refractivity contribution >= 4 is 5.97 Å². The van der Waals surface area contributed by atoms with Gasteiger partial charge in [-0.3, -0.25) is 4.79 Å². The Labute approximate surface area is 205 Å². The highest BCUT2D eigenvalue weighted by atomic mass is 16.5. The van der Waals surface area contributed by atoms with Crippen molar-refractivity contribution in [2.45, 2.75) is 71.8 Å². The molecule has 184 valence electrons. The number of ether oxygens (including phenoxy) is 1.